The number of carbonyl (C=O) groups excluding carboxylic acids is 2. The number of nitrogens with one attached hydrogen (secondary N) is 2. The Balaban J connectivity index is 1.52. The minimum Gasteiger partial charge on any atom is -0.483 e. The van der Waals surface area contributed by atoms with Crippen LogP contribution in [-0.4, -0.2) is 32.0 Å². The van der Waals surface area contributed by atoms with Crippen molar-refractivity contribution >= 4 is 79.4 Å². The van der Waals surface area contributed by atoms with E-state index in [1.807, 2.05) is 0 Å². The van der Waals surface area contributed by atoms with E-state index in [1.165, 1.54) is 30.3 Å². The van der Waals surface area contributed by atoms with E-state index in [4.69, 9.17) is 38.5 Å². The molecule has 4 N–H and O–H groups in total. The van der Waals surface area contributed by atoms with E-state index in [9.17, 15) is 18.0 Å². The first-order valence-electron chi connectivity index (χ1n) is 10.4. The Hall–Kier alpha value is -3.35. The van der Waals surface area contributed by atoms with Gasteiger partial charge in [-0.3, -0.25) is 19.9 Å². The fourth-order valence-corrected chi connectivity index (χ4v) is 4.96. The molecule has 2 amide bonds. The summed E-state index contributed by atoms with van der Waals surface area (Å²) in [5.41, 5.74) is 1.29. The number of primary sulfonamides is 1. The third kappa shape index (κ3) is 6.51. The summed E-state index contributed by atoms with van der Waals surface area (Å²) in [7, 11) is -3.90. The van der Waals surface area contributed by atoms with Crippen LogP contribution in [0, 0.1) is 5.41 Å². The van der Waals surface area contributed by atoms with Gasteiger partial charge < -0.3 is 10.1 Å². The molecule has 0 spiro atoms. The zero-order valence-corrected chi connectivity index (χ0v) is 21.9. The van der Waals surface area contributed by atoms with Crippen LogP contribution in [0.15, 0.2) is 76.5 Å². The standard InChI is InChI=1S/C24H18Cl2N4O5S2/c25-15-1-4-17(5-2-15)29-22(31)13-35-20-10-3-16(26)11-14(20)12-21-23(32)30(24(27)36-21)18-6-8-19(9-7-18)37(28,33)34/h1-12,27H,13H2,(H,29,31)(H2,28,33,34)/b21-12-,27-24?. The monoisotopic (exact) mass is 576 g/mol. The van der Waals surface area contributed by atoms with Crippen LogP contribution in [0.25, 0.3) is 6.08 Å². The van der Waals surface area contributed by atoms with Gasteiger partial charge in [0.15, 0.2) is 11.8 Å². The van der Waals surface area contributed by atoms with E-state index in [0.717, 1.165) is 16.7 Å². The molecule has 0 unspecified atom stereocenters. The van der Waals surface area contributed by atoms with Crippen molar-refractivity contribution in [2.45, 2.75) is 4.90 Å². The van der Waals surface area contributed by atoms with Gasteiger partial charge in [-0.1, -0.05) is 23.2 Å². The second-order valence-electron chi connectivity index (χ2n) is 7.62. The molecular formula is C24H18Cl2N4O5S2. The number of ether oxygens (including phenoxy) is 1. The Labute approximate surface area is 226 Å². The van der Waals surface area contributed by atoms with Crippen molar-refractivity contribution in [2.24, 2.45) is 5.14 Å². The number of nitrogens with two attached hydrogens (primary N) is 1. The van der Waals surface area contributed by atoms with Gasteiger partial charge in [-0.25, -0.2) is 13.6 Å². The number of thioether (sulfide) groups is 1. The first-order chi connectivity index (χ1) is 17.5. The summed E-state index contributed by atoms with van der Waals surface area (Å²) in [4.78, 5) is 26.7. The number of hydrogen-bond acceptors (Lipinski definition) is 7. The highest BCUT2D eigenvalue weighted by Crippen LogP contribution is 2.37. The molecule has 0 aliphatic carbocycles. The molecule has 37 heavy (non-hydrogen) atoms. The second kappa shape index (κ2) is 11.0. The van der Waals surface area contributed by atoms with Crippen molar-refractivity contribution in [3.63, 3.8) is 0 Å². The van der Waals surface area contributed by atoms with Crippen molar-refractivity contribution in [1.29, 1.82) is 5.41 Å². The normalized spacial score (nSPS) is 14.8. The fraction of sp³-hybridized carbons (Fsp3) is 0.0417. The maximum Gasteiger partial charge on any atom is 0.271 e. The molecule has 1 heterocycles. The molecule has 13 heteroatoms. The minimum atomic E-state index is -3.90. The van der Waals surface area contributed by atoms with E-state index in [-0.39, 0.29) is 21.6 Å². The molecule has 4 rings (SSSR count). The molecule has 190 valence electrons. The van der Waals surface area contributed by atoms with Gasteiger partial charge in [0.2, 0.25) is 10.0 Å². The Morgan fingerprint density at radius 3 is 2.35 bits per heavy atom. The average Bonchev–Trinajstić information content (AvgIpc) is 3.12. The van der Waals surface area contributed by atoms with E-state index in [2.05, 4.69) is 5.32 Å². The highest BCUT2D eigenvalue weighted by molar-refractivity contribution is 8.19. The number of benzene rings is 3. The zero-order chi connectivity index (χ0) is 26.7. The Morgan fingerprint density at radius 2 is 1.70 bits per heavy atom. The van der Waals surface area contributed by atoms with Crippen LogP contribution in [0.1, 0.15) is 5.56 Å². The highest BCUT2D eigenvalue weighted by atomic mass is 35.5. The maximum atomic E-state index is 13.1. The largest absolute Gasteiger partial charge is 0.483 e. The lowest BCUT2D eigenvalue weighted by Crippen LogP contribution is -2.28. The maximum absolute atomic E-state index is 13.1. The van der Waals surface area contributed by atoms with E-state index >= 15 is 0 Å². The molecule has 1 fully saturated rings. The van der Waals surface area contributed by atoms with Gasteiger partial charge in [0.1, 0.15) is 5.75 Å². The zero-order valence-electron chi connectivity index (χ0n) is 18.8. The van der Waals surface area contributed by atoms with Crippen molar-refractivity contribution in [2.75, 3.05) is 16.8 Å². The van der Waals surface area contributed by atoms with Crippen molar-refractivity contribution in [3.05, 3.63) is 87.2 Å². The lowest BCUT2D eigenvalue weighted by molar-refractivity contribution is -0.118. The minimum absolute atomic E-state index is 0.0774. The lowest BCUT2D eigenvalue weighted by Gasteiger charge is -2.14. The molecule has 0 aromatic heterocycles. The molecule has 0 bridgehead atoms. The number of anilines is 2. The lowest BCUT2D eigenvalue weighted by atomic mass is 10.1. The van der Waals surface area contributed by atoms with Gasteiger partial charge in [-0.2, -0.15) is 0 Å². The third-order valence-electron chi connectivity index (χ3n) is 4.99. The fourth-order valence-electron chi connectivity index (χ4n) is 3.28. The highest BCUT2D eigenvalue weighted by Gasteiger charge is 2.34. The average molecular weight is 577 g/mol. The van der Waals surface area contributed by atoms with Crippen molar-refractivity contribution < 1.29 is 22.7 Å². The first-order valence-corrected chi connectivity index (χ1v) is 13.6. The first kappa shape index (κ1) is 26.7. The predicted molar refractivity (Wildman–Crippen MR) is 146 cm³/mol. The SMILES string of the molecule is N=C1S/C(=C\c2cc(Cl)ccc2OCC(=O)Nc2ccc(Cl)cc2)C(=O)N1c1ccc(S(N)(=O)=O)cc1. The van der Waals surface area contributed by atoms with Crippen LogP contribution in [0.5, 0.6) is 5.75 Å². The number of amides is 2. The Kier molecular flexibility index (Phi) is 7.90. The van der Waals surface area contributed by atoms with Crippen LogP contribution in [-0.2, 0) is 19.6 Å². The smallest absolute Gasteiger partial charge is 0.271 e. The van der Waals surface area contributed by atoms with E-state index in [0.29, 0.717) is 32.7 Å². The van der Waals surface area contributed by atoms with Crippen LogP contribution in [0.4, 0.5) is 11.4 Å². The van der Waals surface area contributed by atoms with Gasteiger partial charge in [0, 0.05) is 21.3 Å². The predicted octanol–water partition coefficient (Wildman–Crippen LogP) is 4.71. The third-order valence-corrected chi connectivity index (χ3v) is 7.30. The van der Waals surface area contributed by atoms with Gasteiger partial charge in [0.05, 0.1) is 15.5 Å². The van der Waals surface area contributed by atoms with Gasteiger partial charge >= 0.3 is 0 Å². The molecule has 0 radical (unpaired) electrons. The number of rotatable bonds is 7. The summed E-state index contributed by atoms with van der Waals surface area (Å²) in [5, 5.41) is 16.9. The number of halogens is 2. The number of nitrogens with zero attached hydrogens (tertiary/aromatic N) is 1. The van der Waals surface area contributed by atoms with Crippen LogP contribution in [0.2, 0.25) is 10.0 Å². The number of sulfonamides is 1. The molecular weight excluding hydrogens is 559 g/mol. The number of amidine groups is 1. The summed E-state index contributed by atoms with van der Waals surface area (Å²) < 4.78 is 28.7. The van der Waals surface area contributed by atoms with Gasteiger partial charge in [-0.15, -0.1) is 0 Å². The summed E-state index contributed by atoms with van der Waals surface area (Å²) >= 11 is 12.9. The van der Waals surface area contributed by atoms with Crippen LogP contribution >= 0.6 is 35.0 Å². The molecule has 1 saturated heterocycles. The quantitative estimate of drug-likeness (QED) is 0.347. The molecule has 1 aliphatic heterocycles. The van der Waals surface area contributed by atoms with E-state index in [1.54, 1.807) is 42.5 Å². The summed E-state index contributed by atoms with van der Waals surface area (Å²) in [5.74, 6) is -0.595. The summed E-state index contributed by atoms with van der Waals surface area (Å²) in [6, 6.07) is 16.6. The topological polar surface area (TPSA) is 143 Å². The molecule has 3 aromatic carbocycles. The molecule has 9 nitrogen and oxygen atoms in total. The summed E-state index contributed by atoms with van der Waals surface area (Å²) in [6.45, 7) is -0.306. The van der Waals surface area contributed by atoms with E-state index < -0.39 is 21.8 Å². The molecule has 3 aromatic rings. The number of carbonyl (C=O) groups is 2. The van der Waals surface area contributed by atoms with Crippen molar-refractivity contribution in [3.8, 4) is 5.75 Å². The second-order valence-corrected chi connectivity index (χ2v) is 11.1. The van der Waals surface area contributed by atoms with Crippen LogP contribution < -0.4 is 20.1 Å². The summed E-state index contributed by atoms with van der Waals surface area (Å²) in [6.07, 6.45) is 1.51. The van der Waals surface area contributed by atoms with Crippen LogP contribution in [0.3, 0.4) is 0 Å². The number of hydrogen-bond donors (Lipinski definition) is 3. The molecule has 0 atom stereocenters. The van der Waals surface area contributed by atoms with Gasteiger partial charge in [-0.05, 0) is 84.6 Å². The van der Waals surface area contributed by atoms with Gasteiger partial charge in [0.25, 0.3) is 11.8 Å². The Bertz CT molecular complexity index is 1530. The van der Waals surface area contributed by atoms with Crippen molar-refractivity contribution in [1.82, 2.24) is 0 Å². The Morgan fingerprint density at radius 1 is 1.05 bits per heavy atom. The molecule has 0 saturated carbocycles. The molecule has 1 aliphatic rings.